The summed E-state index contributed by atoms with van der Waals surface area (Å²) in [6.07, 6.45) is 2.17. The molecule has 1 atom stereocenters. The quantitative estimate of drug-likeness (QED) is 0.891. The van der Waals surface area contributed by atoms with Gasteiger partial charge in [0.05, 0.1) is 7.11 Å². The van der Waals surface area contributed by atoms with Crippen molar-refractivity contribution >= 4 is 11.9 Å². The van der Waals surface area contributed by atoms with Gasteiger partial charge in [-0.3, -0.25) is 4.79 Å². The molecule has 0 bridgehead atoms. The molecule has 2 rings (SSSR count). The number of carboxylic acid groups (broad SMARTS) is 1. The molecule has 1 aliphatic heterocycles. The number of carbonyl (C=O) groups excluding carboxylic acids is 1. The van der Waals surface area contributed by atoms with Gasteiger partial charge in [0.2, 0.25) is 0 Å². The number of carbonyl (C=O) groups is 2. The maximum absolute atomic E-state index is 12.1. The van der Waals surface area contributed by atoms with Crippen LogP contribution < -0.4 is 9.47 Å². The smallest absolute Gasteiger partial charge is 0.326 e. The number of aliphatic carboxylic acids is 1. The van der Waals surface area contributed by atoms with E-state index in [1.165, 1.54) is 4.90 Å². The molecule has 21 heavy (non-hydrogen) atoms. The van der Waals surface area contributed by atoms with Gasteiger partial charge in [0, 0.05) is 6.54 Å². The predicted octanol–water partition coefficient (Wildman–Crippen LogP) is 1.54. The lowest BCUT2D eigenvalue weighted by Gasteiger charge is -2.32. The van der Waals surface area contributed by atoms with Gasteiger partial charge >= 0.3 is 5.97 Å². The van der Waals surface area contributed by atoms with Gasteiger partial charge in [-0.1, -0.05) is 0 Å². The summed E-state index contributed by atoms with van der Waals surface area (Å²) in [5.41, 5.74) is 0. The van der Waals surface area contributed by atoms with Crippen LogP contribution in [0.1, 0.15) is 19.3 Å². The van der Waals surface area contributed by atoms with Crippen molar-refractivity contribution in [3.63, 3.8) is 0 Å². The molecular weight excluding hydrogens is 274 g/mol. The van der Waals surface area contributed by atoms with Crippen LogP contribution in [0.3, 0.4) is 0 Å². The Kier molecular flexibility index (Phi) is 5.03. The second-order valence-electron chi connectivity index (χ2n) is 4.90. The molecule has 1 amide bonds. The number of amides is 1. The van der Waals surface area contributed by atoms with Crippen molar-refractivity contribution in [2.75, 3.05) is 20.3 Å². The molecular formula is C15H19NO5. The van der Waals surface area contributed by atoms with Crippen LogP contribution in [0.5, 0.6) is 11.5 Å². The maximum Gasteiger partial charge on any atom is 0.326 e. The fourth-order valence-electron chi connectivity index (χ4n) is 2.39. The van der Waals surface area contributed by atoms with E-state index in [0.29, 0.717) is 24.5 Å². The Labute approximate surface area is 123 Å². The Balaban J connectivity index is 1.91. The Morgan fingerprint density at radius 1 is 1.24 bits per heavy atom. The van der Waals surface area contributed by atoms with Crippen molar-refractivity contribution < 1.29 is 24.2 Å². The summed E-state index contributed by atoms with van der Waals surface area (Å²) in [5, 5.41) is 9.15. The molecule has 0 saturated carbocycles. The summed E-state index contributed by atoms with van der Waals surface area (Å²) in [7, 11) is 1.57. The Hall–Kier alpha value is -2.24. The first-order valence-electron chi connectivity index (χ1n) is 6.91. The first-order chi connectivity index (χ1) is 10.1. The summed E-state index contributed by atoms with van der Waals surface area (Å²) in [6.45, 7) is 0.317. The van der Waals surface area contributed by atoms with Gasteiger partial charge in [-0.25, -0.2) is 4.79 Å². The van der Waals surface area contributed by atoms with E-state index in [4.69, 9.17) is 14.6 Å². The number of ether oxygens (including phenoxy) is 2. The zero-order valence-corrected chi connectivity index (χ0v) is 11.9. The molecule has 0 radical (unpaired) electrons. The third kappa shape index (κ3) is 3.87. The zero-order chi connectivity index (χ0) is 15.2. The van der Waals surface area contributed by atoms with Gasteiger partial charge in [-0.2, -0.15) is 0 Å². The number of methoxy groups -OCH3 is 1. The second-order valence-corrected chi connectivity index (χ2v) is 4.90. The predicted molar refractivity (Wildman–Crippen MR) is 75.5 cm³/mol. The molecule has 6 heteroatoms. The number of piperidine rings is 1. The summed E-state index contributed by atoms with van der Waals surface area (Å²) in [4.78, 5) is 24.7. The SMILES string of the molecule is COc1ccc(OCC(=O)N2CCCC[C@@H]2C(=O)O)cc1. The van der Waals surface area contributed by atoms with Crippen molar-refractivity contribution in [2.24, 2.45) is 0 Å². The number of carboxylic acids is 1. The van der Waals surface area contributed by atoms with Crippen LogP contribution >= 0.6 is 0 Å². The highest BCUT2D eigenvalue weighted by Crippen LogP contribution is 2.19. The van der Waals surface area contributed by atoms with Gasteiger partial charge in [-0.05, 0) is 43.5 Å². The minimum Gasteiger partial charge on any atom is -0.497 e. The molecule has 114 valence electrons. The number of nitrogens with zero attached hydrogens (tertiary/aromatic N) is 1. The standard InChI is InChI=1S/C15H19NO5/c1-20-11-5-7-12(8-6-11)21-10-14(17)16-9-3-2-4-13(16)15(18)19/h5-8,13H,2-4,9-10H2,1H3,(H,18,19)/t13-/m1/s1. The minimum atomic E-state index is -0.951. The van der Waals surface area contributed by atoms with E-state index in [9.17, 15) is 9.59 Å². The van der Waals surface area contributed by atoms with Crippen molar-refractivity contribution in [1.29, 1.82) is 0 Å². The molecule has 1 saturated heterocycles. The van der Waals surface area contributed by atoms with E-state index >= 15 is 0 Å². The first kappa shape index (κ1) is 15.2. The highest BCUT2D eigenvalue weighted by atomic mass is 16.5. The van der Waals surface area contributed by atoms with E-state index in [0.717, 1.165) is 12.8 Å². The van der Waals surface area contributed by atoms with E-state index in [-0.39, 0.29) is 12.5 Å². The van der Waals surface area contributed by atoms with Crippen LogP contribution in [0.2, 0.25) is 0 Å². The summed E-state index contributed by atoms with van der Waals surface area (Å²) in [6, 6.07) is 6.15. The van der Waals surface area contributed by atoms with Crippen LogP contribution in [0.4, 0.5) is 0 Å². The molecule has 0 aromatic heterocycles. The van der Waals surface area contributed by atoms with E-state index < -0.39 is 12.0 Å². The zero-order valence-electron chi connectivity index (χ0n) is 11.9. The van der Waals surface area contributed by atoms with Gasteiger partial charge in [0.25, 0.3) is 5.91 Å². The fraction of sp³-hybridized carbons (Fsp3) is 0.467. The largest absolute Gasteiger partial charge is 0.497 e. The van der Waals surface area contributed by atoms with Crippen molar-refractivity contribution in [1.82, 2.24) is 4.90 Å². The molecule has 0 aliphatic carbocycles. The molecule has 0 unspecified atom stereocenters. The molecule has 1 aromatic rings. The van der Waals surface area contributed by atoms with Crippen molar-refractivity contribution in [2.45, 2.75) is 25.3 Å². The first-order valence-corrected chi connectivity index (χ1v) is 6.91. The fourth-order valence-corrected chi connectivity index (χ4v) is 2.39. The molecule has 1 fully saturated rings. The van der Waals surface area contributed by atoms with Gasteiger partial charge < -0.3 is 19.5 Å². The van der Waals surface area contributed by atoms with Crippen molar-refractivity contribution in [3.8, 4) is 11.5 Å². The van der Waals surface area contributed by atoms with Crippen LogP contribution in [-0.4, -0.2) is 48.2 Å². The van der Waals surface area contributed by atoms with Crippen LogP contribution in [-0.2, 0) is 9.59 Å². The van der Waals surface area contributed by atoms with Crippen LogP contribution in [0.25, 0.3) is 0 Å². The lowest BCUT2D eigenvalue weighted by molar-refractivity contribution is -0.152. The number of likely N-dealkylation sites (tertiary alicyclic amines) is 1. The third-order valence-electron chi connectivity index (χ3n) is 3.53. The molecule has 6 nitrogen and oxygen atoms in total. The van der Waals surface area contributed by atoms with Crippen molar-refractivity contribution in [3.05, 3.63) is 24.3 Å². The van der Waals surface area contributed by atoms with E-state index in [1.54, 1.807) is 31.4 Å². The third-order valence-corrected chi connectivity index (χ3v) is 3.53. The molecule has 1 aromatic carbocycles. The topological polar surface area (TPSA) is 76.1 Å². The average molecular weight is 293 g/mol. The summed E-state index contributed by atoms with van der Waals surface area (Å²) in [5.74, 6) is 0.00842. The highest BCUT2D eigenvalue weighted by molar-refractivity contribution is 5.84. The molecule has 1 aliphatic rings. The lowest BCUT2D eigenvalue weighted by atomic mass is 10.0. The Bertz CT molecular complexity index is 499. The average Bonchev–Trinajstić information content (AvgIpc) is 2.53. The van der Waals surface area contributed by atoms with E-state index in [1.807, 2.05) is 0 Å². The lowest BCUT2D eigenvalue weighted by Crippen LogP contribution is -2.49. The van der Waals surface area contributed by atoms with Crippen LogP contribution in [0.15, 0.2) is 24.3 Å². The summed E-state index contributed by atoms with van der Waals surface area (Å²) < 4.78 is 10.4. The van der Waals surface area contributed by atoms with Gasteiger partial charge in [0.15, 0.2) is 6.61 Å². The normalized spacial score (nSPS) is 18.1. The Morgan fingerprint density at radius 3 is 2.52 bits per heavy atom. The number of hydrogen-bond acceptors (Lipinski definition) is 4. The second kappa shape index (κ2) is 6.97. The number of benzene rings is 1. The molecule has 0 spiro atoms. The Morgan fingerprint density at radius 2 is 1.90 bits per heavy atom. The van der Waals surface area contributed by atoms with E-state index in [2.05, 4.69) is 0 Å². The molecule has 1 heterocycles. The van der Waals surface area contributed by atoms with Gasteiger partial charge in [-0.15, -0.1) is 0 Å². The summed E-state index contributed by atoms with van der Waals surface area (Å²) >= 11 is 0. The number of hydrogen-bond donors (Lipinski definition) is 1. The number of rotatable bonds is 5. The minimum absolute atomic E-state index is 0.157. The van der Waals surface area contributed by atoms with Gasteiger partial charge in [0.1, 0.15) is 17.5 Å². The maximum atomic E-state index is 12.1. The monoisotopic (exact) mass is 293 g/mol. The highest BCUT2D eigenvalue weighted by Gasteiger charge is 2.31. The molecule has 1 N–H and O–H groups in total. The van der Waals surface area contributed by atoms with Crippen LogP contribution in [0, 0.1) is 0 Å².